The van der Waals surface area contributed by atoms with Crippen LogP contribution >= 0.6 is 36.9 Å². The predicted molar refractivity (Wildman–Crippen MR) is 90.6 cm³/mol. The van der Waals surface area contributed by atoms with E-state index in [1.54, 1.807) is 11.8 Å². The van der Waals surface area contributed by atoms with Crippen molar-refractivity contribution in [1.29, 1.82) is 0 Å². The van der Waals surface area contributed by atoms with Crippen LogP contribution in [-0.4, -0.2) is 12.0 Å². The predicted octanol–water partition coefficient (Wildman–Crippen LogP) is 4.04. The summed E-state index contributed by atoms with van der Waals surface area (Å²) in [4.78, 5) is 12.4. The summed E-state index contributed by atoms with van der Waals surface area (Å²) in [6, 6.07) is 13.5. The van der Waals surface area contributed by atoms with E-state index in [1.807, 2.05) is 42.5 Å². The first-order valence-electron chi connectivity index (χ1n) is 5.79. The molecule has 0 N–H and O–H groups in total. The van der Waals surface area contributed by atoms with Gasteiger partial charge in [0.2, 0.25) is 0 Å². The molecule has 0 aliphatic carbocycles. The van der Waals surface area contributed by atoms with Crippen molar-refractivity contribution in [3.8, 4) is 0 Å². The van der Waals surface area contributed by atoms with Crippen LogP contribution in [0.3, 0.4) is 0 Å². The molecule has 2 rings (SSSR count). The first-order valence-corrected chi connectivity index (χ1v) is 8.56. The van der Waals surface area contributed by atoms with Crippen molar-refractivity contribution in [3.05, 3.63) is 63.6 Å². The molecule has 0 spiro atoms. The summed E-state index contributed by atoms with van der Waals surface area (Å²) in [5.74, 6) is 1.00. The Bertz CT molecular complexity index is 596. The molecule has 0 bridgehead atoms. The van der Waals surface area contributed by atoms with Crippen LogP contribution in [-0.2, 0) is 5.75 Å². The van der Waals surface area contributed by atoms with Gasteiger partial charge in [0.15, 0.2) is 5.78 Å². The molecule has 2 aromatic rings. The lowest BCUT2D eigenvalue weighted by Crippen LogP contribution is -2.04. The summed E-state index contributed by atoms with van der Waals surface area (Å²) in [6.45, 7) is 0. The molecule has 1 atom stereocenters. The third-order valence-electron chi connectivity index (χ3n) is 2.76. The molecule has 98 valence electrons. The number of hydrogen-bond donors (Lipinski definition) is 0. The molecule has 0 heterocycles. The number of halogens is 1. The Labute approximate surface area is 128 Å². The monoisotopic (exact) mass is 352 g/mol. The van der Waals surface area contributed by atoms with Crippen LogP contribution in [0.4, 0.5) is 0 Å². The maximum absolute atomic E-state index is 12.4. The summed E-state index contributed by atoms with van der Waals surface area (Å²) >= 11 is 5.26. The molecule has 1 nitrogen and oxygen atoms in total. The molecule has 0 aromatic heterocycles. The number of carbonyl (C=O) groups excluding carboxylic acids is 1. The highest BCUT2D eigenvalue weighted by Crippen LogP contribution is 2.23. The van der Waals surface area contributed by atoms with E-state index in [1.165, 1.54) is 5.56 Å². The van der Waals surface area contributed by atoms with Crippen LogP contribution in [0.25, 0.3) is 0 Å². The smallest absolute Gasteiger partial charge is 0.194 e. The summed E-state index contributed by atoms with van der Waals surface area (Å²) in [5, 5.41) is 1.07. The van der Waals surface area contributed by atoms with Crippen molar-refractivity contribution in [1.82, 2.24) is 0 Å². The van der Waals surface area contributed by atoms with Crippen molar-refractivity contribution in [3.63, 3.8) is 0 Å². The molecular formula is C15H14BrOPS. The van der Waals surface area contributed by atoms with E-state index in [-0.39, 0.29) is 5.78 Å². The number of benzene rings is 2. The average Bonchev–Trinajstić information content (AvgIpc) is 2.39. The molecule has 0 aliphatic heterocycles. The quantitative estimate of drug-likeness (QED) is 0.610. The molecule has 2 aromatic carbocycles. The lowest BCUT2D eigenvalue weighted by atomic mass is 10.0. The van der Waals surface area contributed by atoms with E-state index < -0.39 is 0 Å². The van der Waals surface area contributed by atoms with Crippen LogP contribution in [0.15, 0.2) is 46.9 Å². The highest BCUT2D eigenvalue weighted by atomic mass is 79.9. The van der Waals surface area contributed by atoms with E-state index in [4.69, 9.17) is 0 Å². The topological polar surface area (TPSA) is 17.1 Å². The highest BCUT2D eigenvalue weighted by molar-refractivity contribution is 9.10. The van der Waals surface area contributed by atoms with Gasteiger partial charge in [-0.3, -0.25) is 4.79 Å². The molecule has 0 saturated carbocycles. The van der Waals surface area contributed by atoms with Crippen molar-refractivity contribution < 1.29 is 4.79 Å². The van der Waals surface area contributed by atoms with E-state index in [0.717, 1.165) is 15.5 Å². The Balaban J connectivity index is 2.31. The van der Waals surface area contributed by atoms with Crippen molar-refractivity contribution >= 4 is 48.0 Å². The second kappa shape index (κ2) is 6.69. The molecule has 0 aliphatic rings. The lowest BCUT2D eigenvalue weighted by molar-refractivity contribution is 0.103. The largest absolute Gasteiger partial charge is 0.289 e. The Hall–Kier alpha value is -0.630. The summed E-state index contributed by atoms with van der Waals surface area (Å²) in [5.41, 5.74) is 2.64. The zero-order chi connectivity index (χ0) is 13.8. The first-order chi connectivity index (χ1) is 9.11. The van der Waals surface area contributed by atoms with E-state index in [0.29, 0.717) is 11.1 Å². The van der Waals surface area contributed by atoms with Gasteiger partial charge in [0.05, 0.1) is 0 Å². The molecule has 4 heteroatoms. The van der Waals surface area contributed by atoms with Gasteiger partial charge < -0.3 is 0 Å². The normalized spacial score (nSPS) is 10.5. The minimum atomic E-state index is 0.0487. The summed E-state index contributed by atoms with van der Waals surface area (Å²) in [7, 11) is 2.62. The molecule has 1 unspecified atom stereocenters. The van der Waals surface area contributed by atoms with E-state index in [2.05, 4.69) is 31.4 Å². The van der Waals surface area contributed by atoms with Crippen LogP contribution in [0.2, 0.25) is 0 Å². The van der Waals surface area contributed by atoms with E-state index >= 15 is 0 Å². The second-order valence-corrected chi connectivity index (χ2v) is 6.59. The summed E-state index contributed by atoms with van der Waals surface area (Å²) in [6.07, 6.45) is 2.07. The Kier molecular flexibility index (Phi) is 5.20. The molecule has 0 radical (unpaired) electrons. The van der Waals surface area contributed by atoms with Gasteiger partial charge in [0.25, 0.3) is 0 Å². The number of carbonyl (C=O) groups is 1. The fourth-order valence-electron chi connectivity index (χ4n) is 1.79. The molecular weight excluding hydrogens is 339 g/mol. The minimum absolute atomic E-state index is 0.0487. The second-order valence-electron chi connectivity index (χ2n) is 4.20. The van der Waals surface area contributed by atoms with Crippen molar-refractivity contribution in [2.24, 2.45) is 0 Å². The van der Waals surface area contributed by atoms with Gasteiger partial charge in [-0.2, -0.15) is 11.8 Å². The van der Waals surface area contributed by atoms with Gasteiger partial charge in [-0.05, 0) is 29.3 Å². The third kappa shape index (κ3) is 3.68. The van der Waals surface area contributed by atoms with Crippen molar-refractivity contribution in [2.45, 2.75) is 5.75 Å². The Morgan fingerprint density at radius 3 is 2.47 bits per heavy atom. The fourth-order valence-corrected chi connectivity index (χ4v) is 3.10. The SMILES string of the molecule is CSCc1ccc(C(=O)c2ccc(P)cc2)c(Br)c1. The standard InChI is InChI=1S/C15H14BrOPS/c1-19-9-10-2-7-13(14(16)8-10)15(17)11-3-5-12(18)6-4-11/h2-8H,9,18H2,1H3. The van der Waals surface area contributed by atoms with Gasteiger partial charge in [-0.25, -0.2) is 0 Å². The minimum Gasteiger partial charge on any atom is -0.289 e. The van der Waals surface area contributed by atoms with Crippen LogP contribution in [0.1, 0.15) is 21.5 Å². The van der Waals surface area contributed by atoms with Crippen LogP contribution in [0, 0.1) is 0 Å². The van der Waals surface area contributed by atoms with Crippen LogP contribution in [0.5, 0.6) is 0 Å². The Morgan fingerprint density at radius 2 is 1.89 bits per heavy atom. The van der Waals surface area contributed by atoms with Crippen LogP contribution < -0.4 is 5.30 Å². The van der Waals surface area contributed by atoms with Gasteiger partial charge in [0.1, 0.15) is 0 Å². The number of ketones is 1. The molecule has 0 amide bonds. The summed E-state index contributed by atoms with van der Waals surface area (Å²) < 4.78 is 0.860. The number of rotatable bonds is 4. The lowest BCUT2D eigenvalue weighted by Gasteiger charge is -2.06. The number of thioether (sulfide) groups is 1. The zero-order valence-electron chi connectivity index (χ0n) is 10.5. The highest BCUT2D eigenvalue weighted by Gasteiger charge is 2.12. The maximum Gasteiger partial charge on any atom is 0.194 e. The van der Waals surface area contributed by atoms with Crippen molar-refractivity contribution in [2.75, 3.05) is 6.26 Å². The fraction of sp³-hybridized carbons (Fsp3) is 0.133. The van der Waals surface area contributed by atoms with Gasteiger partial charge in [-0.1, -0.05) is 46.3 Å². The zero-order valence-corrected chi connectivity index (χ0v) is 14.1. The molecule has 19 heavy (non-hydrogen) atoms. The van der Waals surface area contributed by atoms with E-state index in [9.17, 15) is 4.79 Å². The number of hydrogen-bond acceptors (Lipinski definition) is 2. The molecule has 0 fully saturated rings. The van der Waals surface area contributed by atoms with Gasteiger partial charge in [-0.15, -0.1) is 9.24 Å². The average molecular weight is 353 g/mol. The van der Waals surface area contributed by atoms with Gasteiger partial charge in [0, 0.05) is 21.4 Å². The Morgan fingerprint density at radius 1 is 1.21 bits per heavy atom. The third-order valence-corrected chi connectivity index (χ3v) is 4.42. The first kappa shape index (κ1) is 14.8. The van der Waals surface area contributed by atoms with Gasteiger partial charge >= 0.3 is 0 Å². The maximum atomic E-state index is 12.4. The molecule has 0 saturated heterocycles.